The molecule has 0 heterocycles. The number of rotatable bonds is 12. The van der Waals surface area contributed by atoms with Crippen molar-refractivity contribution in [3.63, 3.8) is 0 Å². The lowest BCUT2D eigenvalue weighted by Gasteiger charge is -2.17. The highest BCUT2D eigenvalue weighted by Gasteiger charge is 2.17. The number of ether oxygens (including phenoxy) is 2. The van der Waals surface area contributed by atoms with Crippen LogP contribution in [-0.4, -0.2) is 45.3 Å². The van der Waals surface area contributed by atoms with Crippen LogP contribution >= 0.6 is 24.0 Å². The molecule has 0 radical (unpaired) electrons. The van der Waals surface area contributed by atoms with Crippen molar-refractivity contribution < 1.29 is 18.7 Å². The molecule has 9 heteroatoms. The van der Waals surface area contributed by atoms with Crippen molar-refractivity contribution in [1.29, 1.82) is 0 Å². The third-order valence-corrected chi connectivity index (χ3v) is 4.83. The minimum Gasteiger partial charge on any atom is -0.491 e. The molecule has 2 aromatic carbocycles. The Morgan fingerprint density at radius 1 is 1.15 bits per heavy atom. The molecule has 0 aliphatic heterocycles. The van der Waals surface area contributed by atoms with Crippen molar-refractivity contribution in [2.45, 2.75) is 26.8 Å². The van der Waals surface area contributed by atoms with Crippen LogP contribution in [0.15, 0.2) is 47.5 Å². The highest BCUT2D eigenvalue weighted by atomic mass is 127. The van der Waals surface area contributed by atoms with Crippen LogP contribution in [0.4, 0.5) is 4.39 Å². The Hall–Kier alpha value is -2.40. The Kier molecular flexibility index (Phi) is 13.4. The third-order valence-electron chi connectivity index (χ3n) is 4.83. The van der Waals surface area contributed by atoms with E-state index in [-0.39, 0.29) is 29.8 Å². The molecule has 0 fully saturated rings. The smallest absolute Gasteiger partial charge is 0.222 e. The zero-order chi connectivity index (χ0) is 23.3. The fourth-order valence-corrected chi connectivity index (χ4v) is 3.07. The lowest BCUT2D eigenvalue weighted by molar-refractivity contribution is -0.121. The number of hydrogen-bond donors (Lipinski definition) is 3. The van der Waals surface area contributed by atoms with Gasteiger partial charge in [0.05, 0.1) is 19.1 Å². The minimum absolute atomic E-state index is 0. The van der Waals surface area contributed by atoms with E-state index in [9.17, 15) is 9.18 Å². The normalized spacial score (nSPS) is 11.9. The van der Waals surface area contributed by atoms with Gasteiger partial charge in [0.1, 0.15) is 18.2 Å². The zero-order valence-corrected chi connectivity index (χ0v) is 21.7. The summed E-state index contributed by atoms with van der Waals surface area (Å²) in [5, 5.41) is 6.37. The summed E-state index contributed by atoms with van der Waals surface area (Å²) < 4.78 is 24.0. The zero-order valence-electron chi connectivity index (χ0n) is 19.4. The summed E-state index contributed by atoms with van der Waals surface area (Å²) in [5.74, 6) is 0.140. The number of guanidine groups is 1. The number of carbonyl (C=O) groups excluding carboxylic acids is 1. The first-order valence-corrected chi connectivity index (χ1v) is 10.7. The van der Waals surface area contributed by atoms with E-state index in [1.165, 1.54) is 12.1 Å². The molecule has 2 aromatic rings. The highest BCUT2D eigenvalue weighted by Crippen LogP contribution is 2.21. The van der Waals surface area contributed by atoms with Crippen molar-refractivity contribution in [1.82, 2.24) is 10.6 Å². The van der Waals surface area contributed by atoms with Gasteiger partial charge in [-0.3, -0.25) is 4.79 Å². The number of nitrogens with two attached hydrogens (primary N) is 1. The van der Waals surface area contributed by atoms with E-state index in [2.05, 4.69) is 15.6 Å². The average molecular weight is 572 g/mol. The number of nitrogens with one attached hydrogen (secondary N) is 2. The number of aliphatic imine (C=N–C) groups is 1. The number of nitrogens with zero attached hydrogens (tertiary/aromatic N) is 1. The van der Waals surface area contributed by atoms with Crippen LogP contribution in [0, 0.1) is 18.7 Å². The van der Waals surface area contributed by atoms with E-state index in [4.69, 9.17) is 15.2 Å². The van der Waals surface area contributed by atoms with E-state index in [0.717, 1.165) is 22.4 Å². The molecular formula is C24H34FIN4O3. The summed E-state index contributed by atoms with van der Waals surface area (Å²) in [6.07, 6.45) is 0.414. The molecule has 0 saturated heterocycles. The fraction of sp³-hybridized carbons (Fsp3) is 0.417. The van der Waals surface area contributed by atoms with Gasteiger partial charge >= 0.3 is 0 Å². The maximum absolute atomic E-state index is 13.1. The van der Waals surface area contributed by atoms with Gasteiger partial charge in [-0.15, -0.1) is 24.0 Å². The molecule has 0 aliphatic rings. The first kappa shape index (κ1) is 28.6. The summed E-state index contributed by atoms with van der Waals surface area (Å²) in [7, 11) is 1.63. The molecule has 182 valence electrons. The summed E-state index contributed by atoms with van der Waals surface area (Å²) in [4.78, 5) is 16.6. The van der Waals surface area contributed by atoms with Gasteiger partial charge in [-0.05, 0) is 49.6 Å². The van der Waals surface area contributed by atoms with Crippen molar-refractivity contribution in [2.75, 3.05) is 33.4 Å². The van der Waals surface area contributed by atoms with Crippen LogP contribution in [-0.2, 0) is 22.5 Å². The van der Waals surface area contributed by atoms with Gasteiger partial charge in [0, 0.05) is 25.8 Å². The van der Waals surface area contributed by atoms with E-state index < -0.39 is 11.8 Å². The summed E-state index contributed by atoms with van der Waals surface area (Å²) >= 11 is 0. The molecule has 1 unspecified atom stereocenters. The Morgan fingerprint density at radius 3 is 2.52 bits per heavy atom. The topological polar surface area (TPSA) is 98.0 Å². The molecule has 0 aliphatic carbocycles. The summed E-state index contributed by atoms with van der Waals surface area (Å²) in [5.41, 5.74) is 8.48. The van der Waals surface area contributed by atoms with Gasteiger partial charge in [-0.25, -0.2) is 9.38 Å². The van der Waals surface area contributed by atoms with E-state index in [1.54, 1.807) is 19.2 Å². The van der Waals surface area contributed by atoms with Gasteiger partial charge < -0.3 is 25.8 Å². The second kappa shape index (κ2) is 15.4. The Balaban J connectivity index is 0.00000544. The van der Waals surface area contributed by atoms with Gasteiger partial charge in [0.2, 0.25) is 5.91 Å². The number of hydrogen-bond acceptors (Lipinski definition) is 4. The number of amides is 1. The number of halogens is 2. The SMILES string of the molecule is CCNC(=NCc1ccc(C)cc1OCCOC)NCC(Cc1ccc(F)cc1)C(N)=O.I. The van der Waals surface area contributed by atoms with Crippen LogP contribution < -0.4 is 21.1 Å². The molecule has 0 spiro atoms. The molecule has 7 nitrogen and oxygen atoms in total. The number of carbonyl (C=O) groups is 1. The lowest BCUT2D eigenvalue weighted by Crippen LogP contribution is -2.43. The van der Waals surface area contributed by atoms with Crippen LogP contribution in [0.1, 0.15) is 23.6 Å². The van der Waals surface area contributed by atoms with E-state index in [1.807, 2.05) is 32.0 Å². The van der Waals surface area contributed by atoms with E-state index >= 15 is 0 Å². The standard InChI is InChI=1S/C24H33FN4O3.HI/c1-4-27-24(28-15-19-8-5-17(2)13-22(19)32-12-11-31-3)29-16-20(23(26)30)14-18-6-9-21(25)10-7-18;/h5-10,13,20H,4,11-12,14-16H2,1-3H3,(H2,26,30)(H2,27,28,29);1H. The Morgan fingerprint density at radius 2 is 1.88 bits per heavy atom. The molecule has 33 heavy (non-hydrogen) atoms. The van der Waals surface area contributed by atoms with Crippen molar-refractivity contribution in [2.24, 2.45) is 16.6 Å². The number of aryl methyl sites for hydroxylation is 1. The molecular weight excluding hydrogens is 538 g/mol. The van der Waals surface area contributed by atoms with Gasteiger partial charge in [0.15, 0.2) is 5.96 Å². The molecule has 0 saturated carbocycles. The van der Waals surface area contributed by atoms with Crippen LogP contribution in [0.2, 0.25) is 0 Å². The van der Waals surface area contributed by atoms with Gasteiger partial charge in [-0.1, -0.05) is 24.3 Å². The predicted molar refractivity (Wildman–Crippen MR) is 140 cm³/mol. The maximum atomic E-state index is 13.1. The molecule has 0 aromatic heterocycles. The first-order valence-electron chi connectivity index (χ1n) is 10.7. The van der Waals surface area contributed by atoms with Crippen LogP contribution in [0.5, 0.6) is 5.75 Å². The van der Waals surface area contributed by atoms with Gasteiger partial charge in [0.25, 0.3) is 0 Å². The Labute approximate surface area is 212 Å². The average Bonchev–Trinajstić information content (AvgIpc) is 2.77. The Bertz CT molecular complexity index is 894. The quantitative estimate of drug-likeness (QED) is 0.157. The maximum Gasteiger partial charge on any atom is 0.222 e. The van der Waals surface area contributed by atoms with Crippen LogP contribution in [0.25, 0.3) is 0 Å². The molecule has 0 bridgehead atoms. The fourth-order valence-electron chi connectivity index (χ4n) is 3.07. The minimum atomic E-state index is -0.461. The molecule has 4 N–H and O–H groups in total. The summed E-state index contributed by atoms with van der Waals surface area (Å²) in [6.45, 7) is 6.30. The number of methoxy groups -OCH3 is 1. The number of benzene rings is 2. The third kappa shape index (κ3) is 10.4. The van der Waals surface area contributed by atoms with Crippen molar-refractivity contribution >= 4 is 35.8 Å². The van der Waals surface area contributed by atoms with Crippen molar-refractivity contribution in [3.05, 3.63) is 65.0 Å². The molecule has 1 amide bonds. The van der Waals surface area contributed by atoms with Gasteiger partial charge in [-0.2, -0.15) is 0 Å². The first-order chi connectivity index (χ1) is 15.4. The van der Waals surface area contributed by atoms with Crippen molar-refractivity contribution in [3.8, 4) is 5.75 Å². The second-order valence-electron chi connectivity index (χ2n) is 7.46. The lowest BCUT2D eigenvalue weighted by atomic mass is 9.98. The second-order valence-corrected chi connectivity index (χ2v) is 7.46. The van der Waals surface area contributed by atoms with E-state index in [0.29, 0.717) is 45.2 Å². The number of primary amides is 1. The largest absolute Gasteiger partial charge is 0.491 e. The summed E-state index contributed by atoms with van der Waals surface area (Å²) in [6, 6.07) is 12.1. The molecule has 2 rings (SSSR count). The monoisotopic (exact) mass is 572 g/mol. The predicted octanol–water partition coefficient (Wildman–Crippen LogP) is 3.18. The highest BCUT2D eigenvalue weighted by molar-refractivity contribution is 14.0. The van der Waals surface area contributed by atoms with Crippen LogP contribution in [0.3, 0.4) is 0 Å². The molecule has 1 atom stereocenters.